The highest BCUT2D eigenvalue weighted by atomic mass is 16.2. The van der Waals surface area contributed by atoms with E-state index in [-0.39, 0.29) is 17.8 Å². The summed E-state index contributed by atoms with van der Waals surface area (Å²) in [4.78, 5) is 31.8. The summed E-state index contributed by atoms with van der Waals surface area (Å²) in [5.41, 5.74) is 1.20. The van der Waals surface area contributed by atoms with Crippen molar-refractivity contribution >= 4 is 22.8 Å². The molecule has 3 aromatic rings. The van der Waals surface area contributed by atoms with Gasteiger partial charge in [0.25, 0.3) is 5.56 Å². The SMILES string of the molecule is C=CCn1c(=O)c2c(nc3n2CCN3c2ccccc2)n(C)c1=O. The number of benzene rings is 1. The van der Waals surface area contributed by atoms with Crippen LogP contribution in [0.25, 0.3) is 11.2 Å². The second-order valence-electron chi connectivity index (χ2n) is 5.77. The highest BCUT2D eigenvalue weighted by molar-refractivity contribution is 5.77. The Bertz CT molecular complexity index is 1060. The molecule has 7 nitrogen and oxygen atoms in total. The number of hydrogen-bond acceptors (Lipinski definition) is 4. The third kappa shape index (κ3) is 1.87. The number of allylic oxidation sites excluding steroid dienone is 1. The van der Waals surface area contributed by atoms with Gasteiger partial charge >= 0.3 is 5.69 Å². The monoisotopic (exact) mass is 323 g/mol. The first-order valence-electron chi connectivity index (χ1n) is 7.77. The summed E-state index contributed by atoms with van der Waals surface area (Å²) in [6, 6.07) is 9.90. The molecular formula is C17H17N5O2. The molecule has 2 aromatic heterocycles. The van der Waals surface area contributed by atoms with Crippen molar-refractivity contribution in [1.82, 2.24) is 18.7 Å². The number of hydrogen-bond donors (Lipinski definition) is 0. The van der Waals surface area contributed by atoms with E-state index < -0.39 is 0 Å². The molecule has 4 rings (SSSR count). The van der Waals surface area contributed by atoms with Crippen LogP contribution in [0, 0.1) is 0 Å². The Morgan fingerprint density at radius 3 is 2.67 bits per heavy atom. The van der Waals surface area contributed by atoms with Crippen LogP contribution in [0.5, 0.6) is 0 Å². The fraction of sp³-hybridized carbons (Fsp3) is 0.235. The topological polar surface area (TPSA) is 65.1 Å². The first-order valence-corrected chi connectivity index (χ1v) is 7.77. The summed E-state index contributed by atoms with van der Waals surface area (Å²) in [5, 5.41) is 0. The van der Waals surface area contributed by atoms with Crippen LogP contribution in [0.4, 0.5) is 11.6 Å². The Labute approximate surface area is 137 Å². The molecule has 0 aliphatic carbocycles. The Balaban J connectivity index is 2.00. The van der Waals surface area contributed by atoms with Crippen LogP contribution < -0.4 is 16.1 Å². The van der Waals surface area contributed by atoms with E-state index in [0.29, 0.717) is 23.7 Å². The number of nitrogens with zero attached hydrogens (tertiary/aromatic N) is 5. The molecule has 0 fully saturated rings. The standard InChI is InChI=1S/C17H17N5O2/c1-3-9-22-15(23)13-14(19(2)17(22)24)18-16-20(10-11-21(13)16)12-7-5-4-6-8-12/h3-8H,1,9-11H2,2H3. The summed E-state index contributed by atoms with van der Waals surface area (Å²) >= 11 is 0. The third-order valence-corrected chi connectivity index (χ3v) is 4.38. The van der Waals surface area contributed by atoms with Crippen LogP contribution in [0.3, 0.4) is 0 Å². The highest BCUT2D eigenvalue weighted by Gasteiger charge is 2.28. The largest absolute Gasteiger partial charge is 0.332 e. The molecule has 0 unspecified atom stereocenters. The van der Waals surface area contributed by atoms with Crippen molar-refractivity contribution in [2.45, 2.75) is 13.1 Å². The van der Waals surface area contributed by atoms with Crippen LogP contribution >= 0.6 is 0 Å². The van der Waals surface area contributed by atoms with Gasteiger partial charge in [0.1, 0.15) is 0 Å². The molecule has 3 heterocycles. The predicted molar refractivity (Wildman–Crippen MR) is 92.9 cm³/mol. The van der Waals surface area contributed by atoms with Crippen molar-refractivity contribution in [2.24, 2.45) is 7.05 Å². The second-order valence-corrected chi connectivity index (χ2v) is 5.77. The molecule has 0 saturated heterocycles. The minimum Gasteiger partial charge on any atom is -0.310 e. The molecule has 1 aliphatic rings. The van der Waals surface area contributed by atoms with Crippen molar-refractivity contribution in [2.75, 3.05) is 11.4 Å². The fourth-order valence-corrected chi connectivity index (χ4v) is 3.22. The lowest BCUT2D eigenvalue weighted by Crippen LogP contribution is -2.39. The minimum atomic E-state index is -0.379. The lowest BCUT2D eigenvalue weighted by Gasteiger charge is -2.15. The summed E-state index contributed by atoms with van der Waals surface area (Å²) in [6.45, 7) is 5.20. The molecule has 0 bridgehead atoms. The van der Waals surface area contributed by atoms with Gasteiger partial charge in [0.15, 0.2) is 11.2 Å². The van der Waals surface area contributed by atoms with E-state index in [2.05, 4.69) is 16.5 Å². The Kier molecular flexibility index (Phi) is 3.16. The molecule has 0 saturated carbocycles. The molecule has 1 aromatic carbocycles. The van der Waals surface area contributed by atoms with Crippen LogP contribution in [0.2, 0.25) is 0 Å². The highest BCUT2D eigenvalue weighted by Crippen LogP contribution is 2.31. The fourth-order valence-electron chi connectivity index (χ4n) is 3.22. The van der Waals surface area contributed by atoms with Crippen LogP contribution in [0.1, 0.15) is 0 Å². The Morgan fingerprint density at radius 2 is 1.96 bits per heavy atom. The summed E-state index contributed by atoms with van der Waals surface area (Å²) < 4.78 is 4.51. The molecule has 1 aliphatic heterocycles. The quantitative estimate of drug-likeness (QED) is 0.680. The van der Waals surface area contributed by atoms with Gasteiger partial charge in [0.05, 0.1) is 0 Å². The molecule has 122 valence electrons. The van der Waals surface area contributed by atoms with Gasteiger partial charge in [-0.25, -0.2) is 4.79 Å². The minimum absolute atomic E-state index is 0.185. The third-order valence-electron chi connectivity index (χ3n) is 4.38. The van der Waals surface area contributed by atoms with Crippen molar-refractivity contribution in [3.05, 3.63) is 63.8 Å². The summed E-state index contributed by atoms with van der Waals surface area (Å²) in [7, 11) is 1.64. The molecule has 0 atom stereocenters. The van der Waals surface area contributed by atoms with Crippen molar-refractivity contribution in [3.8, 4) is 0 Å². The molecule has 24 heavy (non-hydrogen) atoms. The molecule has 7 heteroatoms. The van der Waals surface area contributed by atoms with E-state index in [1.807, 2.05) is 34.9 Å². The van der Waals surface area contributed by atoms with Gasteiger partial charge in [0.2, 0.25) is 5.95 Å². The lowest BCUT2D eigenvalue weighted by atomic mass is 10.3. The number of fused-ring (bicyclic) bond motifs is 3. The van der Waals surface area contributed by atoms with Crippen LogP contribution in [-0.2, 0) is 20.1 Å². The normalized spacial score (nSPS) is 13.5. The van der Waals surface area contributed by atoms with E-state index >= 15 is 0 Å². The zero-order valence-electron chi connectivity index (χ0n) is 13.3. The van der Waals surface area contributed by atoms with E-state index in [1.165, 1.54) is 9.13 Å². The van der Waals surface area contributed by atoms with Crippen molar-refractivity contribution in [3.63, 3.8) is 0 Å². The van der Waals surface area contributed by atoms with Gasteiger partial charge in [-0.1, -0.05) is 24.3 Å². The summed E-state index contributed by atoms with van der Waals surface area (Å²) in [5.74, 6) is 0.694. The van der Waals surface area contributed by atoms with Gasteiger partial charge in [-0.05, 0) is 12.1 Å². The number of aryl methyl sites for hydroxylation is 1. The van der Waals surface area contributed by atoms with E-state index in [0.717, 1.165) is 12.2 Å². The zero-order valence-corrected chi connectivity index (χ0v) is 13.3. The number of imidazole rings is 1. The van der Waals surface area contributed by atoms with Gasteiger partial charge in [-0.2, -0.15) is 4.98 Å². The molecular weight excluding hydrogens is 306 g/mol. The number of rotatable bonds is 3. The number of aromatic nitrogens is 4. The number of para-hydroxylation sites is 1. The summed E-state index contributed by atoms with van der Waals surface area (Å²) in [6.07, 6.45) is 1.55. The first kappa shape index (κ1) is 14.5. The van der Waals surface area contributed by atoms with E-state index in [4.69, 9.17) is 0 Å². The Hall–Kier alpha value is -3.09. The maximum Gasteiger partial charge on any atom is 0.332 e. The first-order chi connectivity index (χ1) is 11.6. The average Bonchev–Trinajstić information content (AvgIpc) is 3.16. The van der Waals surface area contributed by atoms with Gasteiger partial charge < -0.3 is 9.47 Å². The van der Waals surface area contributed by atoms with Crippen molar-refractivity contribution < 1.29 is 0 Å². The van der Waals surface area contributed by atoms with E-state index in [9.17, 15) is 9.59 Å². The van der Waals surface area contributed by atoms with Gasteiger partial charge in [0, 0.05) is 32.4 Å². The van der Waals surface area contributed by atoms with Crippen LogP contribution in [-0.4, -0.2) is 25.2 Å². The smallest absolute Gasteiger partial charge is 0.310 e. The average molecular weight is 323 g/mol. The van der Waals surface area contributed by atoms with Gasteiger partial charge in [-0.3, -0.25) is 13.9 Å². The lowest BCUT2D eigenvalue weighted by molar-refractivity contribution is 0.662. The molecule has 0 N–H and O–H groups in total. The maximum absolute atomic E-state index is 12.8. The maximum atomic E-state index is 12.8. The molecule has 0 spiro atoms. The van der Waals surface area contributed by atoms with Crippen molar-refractivity contribution in [1.29, 1.82) is 0 Å². The number of anilines is 2. The van der Waals surface area contributed by atoms with Gasteiger partial charge in [-0.15, -0.1) is 6.58 Å². The molecule has 0 radical (unpaired) electrons. The zero-order chi connectivity index (χ0) is 16.8. The molecule has 0 amide bonds. The van der Waals surface area contributed by atoms with E-state index in [1.54, 1.807) is 13.1 Å². The Morgan fingerprint density at radius 1 is 1.21 bits per heavy atom. The predicted octanol–water partition coefficient (Wildman–Crippen LogP) is 1.23. The second kappa shape index (κ2) is 5.23. The van der Waals surface area contributed by atoms with Crippen LogP contribution in [0.15, 0.2) is 52.6 Å².